The van der Waals surface area contributed by atoms with Gasteiger partial charge in [-0.1, -0.05) is 6.58 Å². The number of Topliss-reactive ketones (excluding diaryl/α,β-unsaturated/α-hetero) is 2. The Balaban J connectivity index is 1.70. The first-order valence-electron chi connectivity index (χ1n) is 10.2. The van der Waals surface area contributed by atoms with E-state index in [1.54, 1.807) is 55.5 Å². The van der Waals surface area contributed by atoms with E-state index in [0.29, 0.717) is 41.4 Å². The second-order valence-electron chi connectivity index (χ2n) is 7.09. The number of carbonyl (C=O) groups excluding carboxylic acids is 3. The zero-order valence-corrected chi connectivity index (χ0v) is 18.0. The molecule has 0 heterocycles. The number of unbranched alkanes of at least 4 members (excludes halogenated alkanes) is 3. The summed E-state index contributed by atoms with van der Waals surface area (Å²) in [4.78, 5) is 36.0. The van der Waals surface area contributed by atoms with E-state index in [4.69, 9.17) is 14.2 Å². The van der Waals surface area contributed by atoms with E-state index in [-0.39, 0.29) is 5.97 Å². The fraction of sp³-hybridized carbons (Fsp3) is 0.320. The van der Waals surface area contributed by atoms with Crippen molar-refractivity contribution in [3.63, 3.8) is 0 Å². The lowest BCUT2D eigenvalue weighted by atomic mass is 10.0. The maximum atomic E-state index is 12.4. The molecule has 0 amide bonds. The second-order valence-corrected chi connectivity index (χ2v) is 7.09. The zero-order chi connectivity index (χ0) is 22.6. The minimum atomic E-state index is -0.566. The highest BCUT2D eigenvalue weighted by atomic mass is 16.5. The van der Waals surface area contributed by atoms with Crippen LogP contribution in [0.25, 0.3) is 0 Å². The molecule has 31 heavy (non-hydrogen) atoms. The van der Waals surface area contributed by atoms with Crippen LogP contribution in [0.5, 0.6) is 11.5 Å². The highest BCUT2D eigenvalue weighted by Crippen LogP contribution is 2.17. The monoisotopic (exact) mass is 424 g/mol. The van der Waals surface area contributed by atoms with Crippen molar-refractivity contribution in [2.24, 2.45) is 0 Å². The molecule has 0 saturated carbocycles. The first kappa shape index (κ1) is 23.9. The molecule has 0 aromatic heterocycles. The van der Waals surface area contributed by atoms with Gasteiger partial charge in [0.05, 0.1) is 20.3 Å². The summed E-state index contributed by atoms with van der Waals surface area (Å²) in [6.07, 6.45) is 3.56. The topological polar surface area (TPSA) is 78.9 Å². The molecule has 0 unspecified atom stereocenters. The summed E-state index contributed by atoms with van der Waals surface area (Å²) in [7, 11) is 1.54. The van der Waals surface area contributed by atoms with Gasteiger partial charge in [0, 0.05) is 16.7 Å². The maximum absolute atomic E-state index is 12.4. The highest BCUT2D eigenvalue weighted by Gasteiger charge is 2.18. The molecule has 2 rings (SSSR count). The minimum Gasteiger partial charge on any atom is -0.497 e. The van der Waals surface area contributed by atoms with Crippen molar-refractivity contribution >= 4 is 17.5 Å². The van der Waals surface area contributed by atoms with E-state index in [1.807, 2.05) is 0 Å². The third kappa shape index (κ3) is 7.74. The molecule has 0 bridgehead atoms. The third-order valence-corrected chi connectivity index (χ3v) is 4.56. The number of ether oxygens (including phenoxy) is 3. The fourth-order valence-electron chi connectivity index (χ4n) is 2.74. The molecule has 2 aromatic rings. The quantitative estimate of drug-likeness (QED) is 0.151. The molecular weight excluding hydrogens is 396 g/mol. The molecule has 0 aliphatic carbocycles. The normalized spacial score (nSPS) is 10.3. The van der Waals surface area contributed by atoms with Gasteiger partial charge in [0.1, 0.15) is 11.5 Å². The Morgan fingerprint density at radius 1 is 0.742 bits per heavy atom. The molecule has 6 heteroatoms. The smallest absolute Gasteiger partial charge is 0.333 e. The van der Waals surface area contributed by atoms with E-state index in [9.17, 15) is 14.4 Å². The molecular formula is C25H28O6. The summed E-state index contributed by atoms with van der Waals surface area (Å²) in [6, 6.07) is 13.0. The Kier molecular flexibility index (Phi) is 9.49. The first-order chi connectivity index (χ1) is 14.9. The van der Waals surface area contributed by atoms with Gasteiger partial charge in [0.2, 0.25) is 11.6 Å². The molecule has 0 aliphatic heterocycles. The van der Waals surface area contributed by atoms with Crippen LogP contribution in [0.3, 0.4) is 0 Å². The summed E-state index contributed by atoms with van der Waals surface area (Å²) >= 11 is 0. The summed E-state index contributed by atoms with van der Waals surface area (Å²) in [5.41, 5.74) is 1.05. The molecule has 0 saturated heterocycles. The predicted octanol–water partition coefficient (Wildman–Crippen LogP) is 4.82. The molecule has 2 aromatic carbocycles. The van der Waals surface area contributed by atoms with E-state index in [1.165, 1.54) is 7.11 Å². The number of rotatable bonds is 13. The molecule has 164 valence electrons. The number of esters is 1. The van der Waals surface area contributed by atoms with E-state index >= 15 is 0 Å². The van der Waals surface area contributed by atoms with Gasteiger partial charge in [0.15, 0.2) is 0 Å². The van der Waals surface area contributed by atoms with Crippen LogP contribution >= 0.6 is 0 Å². The van der Waals surface area contributed by atoms with E-state index < -0.39 is 11.6 Å². The van der Waals surface area contributed by atoms with Gasteiger partial charge in [-0.3, -0.25) is 9.59 Å². The van der Waals surface area contributed by atoms with Crippen LogP contribution in [0, 0.1) is 0 Å². The van der Waals surface area contributed by atoms with Crippen molar-refractivity contribution in [3.8, 4) is 11.5 Å². The Labute approximate surface area is 182 Å². The number of benzene rings is 2. The van der Waals surface area contributed by atoms with Crippen LogP contribution in [-0.2, 0) is 9.53 Å². The van der Waals surface area contributed by atoms with Gasteiger partial charge >= 0.3 is 5.97 Å². The van der Waals surface area contributed by atoms with Crippen molar-refractivity contribution in [2.75, 3.05) is 20.3 Å². The van der Waals surface area contributed by atoms with Crippen LogP contribution < -0.4 is 9.47 Å². The van der Waals surface area contributed by atoms with E-state index in [0.717, 1.165) is 25.7 Å². The molecule has 0 radical (unpaired) electrons. The lowest BCUT2D eigenvalue weighted by molar-refractivity contribution is -0.139. The standard InChI is InChI=1S/C25H28O6/c1-18(2)25(28)31-17-7-5-4-6-16-30-22-14-10-20(11-15-22)24(27)23(26)19-8-12-21(29-3)13-9-19/h8-15H,1,4-7,16-17H2,2-3H3. The Bertz CT molecular complexity index is 897. The van der Waals surface area contributed by atoms with Crippen LogP contribution in [0.1, 0.15) is 53.3 Å². The SMILES string of the molecule is C=C(C)C(=O)OCCCCCCOc1ccc(C(=O)C(=O)c2ccc(OC)cc2)cc1. The molecule has 0 N–H and O–H groups in total. The van der Waals surface area contributed by atoms with Gasteiger partial charge < -0.3 is 14.2 Å². The highest BCUT2D eigenvalue weighted by molar-refractivity contribution is 6.49. The van der Waals surface area contributed by atoms with Crippen LogP contribution in [0.15, 0.2) is 60.7 Å². The van der Waals surface area contributed by atoms with Gasteiger partial charge in [-0.2, -0.15) is 0 Å². The average molecular weight is 424 g/mol. The van der Waals surface area contributed by atoms with Crippen molar-refractivity contribution in [3.05, 3.63) is 71.8 Å². The fourth-order valence-corrected chi connectivity index (χ4v) is 2.74. The lowest BCUT2D eigenvalue weighted by Crippen LogP contribution is -2.14. The largest absolute Gasteiger partial charge is 0.497 e. The van der Waals surface area contributed by atoms with Crippen LogP contribution in [0.4, 0.5) is 0 Å². The number of carbonyl (C=O) groups is 3. The first-order valence-corrected chi connectivity index (χ1v) is 10.2. The molecule has 0 fully saturated rings. The predicted molar refractivity (Wildman–Crippen MR) is 118 cm³/mol. The average Bonchev–Trinajstić information content (AvgIpc) is 2.80. The van der Waals surface area contributed by atoms with Crippen molar-refractivity contribution in [1.29, 1.82) is 0 Å². The van der Waals surface area contributed by atoms with E-state index in [2.05, 4.69) is 6.58 Å². The van der Waals surface area contributed by atoms with Gasteiger partial charge in [-0.15, -0.1) is 0 Å². The molecule has 6 nitrogen and oxygen atoms in total. The van der Waals surface area contributed by atoms with Crippen molar-refractivity contribution in [2.45, 2.75) is 32.6 Å². The zero-order valence-electron chi connectivity index (χ0n) is 18.0. The maximum Gasteiger partial charge on any atom is 0.333 e. The van der Waals surface area contributed by atoms with Gasteiger partial charge in [0.25, 0.3) is 0 Å². The summed E-state index contributed by atoms with van der Waals surface area (Å²) in [6.45, 7) is 6.11. The van der Waals surface area contributed by atoms with Crippen LogP contribution in [0.2, 0.25) is 0 Å². The summed E-state index contributed by atoms with van der Waals surface area (Å²) in [5.74, 6) is -0.217. The molecule has 0 aliphatic rings. The van der Waals surface area contributed by atoms with Crippen molar-refractivity contribution in [1.82, 2.24) is 0 Å². The van der Waals surface area contributed by atoms with Crippen LogP contribution in [-0.4, -0.2) is 37.9 Å². The minimum absolute atomic E-state index is 0.317. The lowest BCUT2D eigenvalue weighted by Gasteiger charge is -2.08. The molecule has 0 atom stereocenters. The Hall–Kier alpha value is -3.41. The number of hydrogen-bond donors (Lipinski definition) is 0. The molecule has 0 spiro atoms. The number of methoxy groups -OCH3 is 1. The van der Waals surface area contributed by atoms with Crippen molar-refractivity contribution < 1.29 is 28.6 Å². The number of ketones is 2. The second kappa shape index (κ2) is 12.3. The van der Waals surface area contributed by atoms with Gasteiger partial charge in [-0.25, -0.2) is 4.79 Å². The third-order valence-electron chi connectivity index (χ3n) is 4.56. The Morgan fingerprint density at radius 2 is 1.23 bits per heavy atom. The van der Waals surface area contributed by atoms with Gasteiger partial charge in [-0.05, 0) is 81.1 Å². The Morgan fingerprint density at radius 3 is 1.71 bits per heavy atom. The summed E-state index contributed by atoms with van der Waals surface area (Å²) in [5, 5.41) is 0. The number of hydrogen-bond acceptors (Lipinski definition) is 6. The summed E-state index contributed by atoms with van der Waals surface area (Å²) < 4.78 is 15.8.